The first-order chi connectivity index (χ1) is 10.5. The largest absolute Gasteiger partial charge is 0.445 e. The average molecular weight is 308 g/mol. The molecule has 1 unspecified atom stereocenters. The van der Waals surface area contributed by atoms with Crippen LogP contribution in [0.3, 0.4) is 0 Å². The molecule has 1 saturated heterocycles. The highest BCUT2D eigenvalue weighted by Crippen LogP contribution is 2.35. The fourth-order valence-corrected chi connectivity index (χ4v) is 2.48. The number of halogens is 2. The number of nitriles is 1. The summed E-state index contributed by atoms with van der Waals surface area (Å²) in [6, 6.07) is 11.0. The number of nitrogens with zero attached hydrogens (tertiary/aromatic N) is 2. The summed E-state index contributed by atoms with van der Waals surface area (Å²) in [7, 11) is 0. The van der Waals surface area contributed by atoms with Crippen molar-refractivity contribution >= 4 is 6.09 Å². The molecule has 22 heavy (non-hydrogen) atoms. The monoisotopic (exact) mass is 308 g/mol. The fourth-order valence-electron chi connectivity index (χ4n) is 2.48. The molecule has 0 radical (unpaired) electrons. The normalized spacial score (nSPS) is 20.8. The highest BCUT2D eigenvalue weighted by atomic mass is 19.3. The lowest BCUT2D eigenvalue weighted by Crippen LogP contribution is -2.33. The lowest BCUT2D eigenvalue weighted by atomic mass is 9.94. The zero-order valence-corrected chi connectivity index (χ0v) is 12.2. The summed E-state index contributed by atoms with van der Waals surface area (Å²) in [5.74, 6) is -3.91. The predicted octanol–water partition coefficient (Wildman–Crippen LogP) is 3.58. The predicted molar refractivity (Wildman–Crippen MR) is 76.1 cm³/mol. The van der Waals surface area contributed by atoms with E-state index in [1.165, 1.54) is 4.90 Å². The van der Waals surface area contributed by atoms with Crippen LogP contribution in [0.15, 0.2) is 30.3 Å². The summed E-state index contributed by atoms with van der Waals surface area (Å²) in [6.07, 6.45) is -1.10. The van der Waals surface area contributed by atoms with Crippen LogP contribution in [-0.4, -0.2) is 30.0 Å². The van der Waals surface area contributed by atoms with Gasteiger partial charge in [-0.15, -0.1) is 0 Å². The summed E-state index contributed by atoms with van der Waals surface area (Å²) >= 11 is 0. The summed E-state index contributed by atoms with van der Waals surface area (Å²) in [6.45, 7) is 0.256. The van der Waals surface area contributed by atoms with Gasteiger partial charge in [0.1, 0.15) is 6.61 Å². The molecule has 1 aromatic carbocycles. The van der Waals surface area contributed by atoms with Crippen LogP contribution in [0, 0.1) is 17.2 Å². The number of benzene rings is 1. The van der Waals surface area contributed by atoms with E-state index < -0.39 is 24.4 Å². The third-order valence-electron chi connectivity index (χ3n) is 3.86. The van der Waals surface area contributed by atoms with Gasteiger partial charge in [-0.2, -0.15) is 5.26 Å². The van der Waals surface area contributed by atoms with Gasteiger partial charge in [0.05, 0.1) is 6.07 Å². The van der Waals surface area contributed by atoms with Crippen LogP contribution < -0.4 is 0 Å². The molecule has 1 fully saturated rings. The first kappa shape index (κ1) is 16.2. The topological polar surface area (TPSA) is 53.3 Å². The molecule has 0 bridgehead atoms. The molecule has 0 aliphatic carbocycles. The molecule has 118 valence electrons. The van der Waals surface area contributed by atoms with Gasteiger partial charge in [0.15, 0.2) is 0 Å². The zero-order valence-electron chi connectivity index (χ0n) is 12.2. The number of carbonyl (C=O) groups is 1. The Bertz CT molecular complexity index is 543. The van der Waals surface area contributed by atoms with E-state index in [0.29, 0.717) is 0 Å². The first-order valence-corrected chi connectivity index (χ1v) is 7.23. The minimum Gasteiger partial charge on any atom is -0.445 e. The zero-order chi connectivity index (χ0) is 16.0. The van der Waals surface area contributed by atoms with Crippen LogP contribution in [0.5, 0.6) is 0 Å². The molecule has 0 spiro atoms. The van der Waals surface area contributed by atoms with E-state index in [1.807, 2.05) is 30.3 Å². The summed E-state index contributed by atoms with van der Waals surface area (Å²) < 4.78 is 32.9. The maximum Gasteiger partial charge on any atom is 0.410 e. The lowest BCUT2D eigenvalue weighted by Gasteiger charge is -2.21. The van der Waals surface area contributed by atoms with Crippen molar-refractivity contribution < 1.29 is 18.3 Å². The molecular weight excluding hydrogens is 290 g/mol. The highest BCUT2D eigenvalue weighted by molar-refractivity contribution is 5.67. The molecular formula is C16H18F2N2O2. The molecule has 0 N–H and O–H groups in total. The minimum absolute atomic E-state index is 0.0530. The van der Waals surface area contributed by atoms with E-state index in [4.69, 9.17) is 10.00 Å². The van der Waals surface area contributed by atoms with Gasteiger partial charge in [-0.05, 0) is 12.0 Å². The SMILES string of the molecule is N#CCC1CCN(C(=O)OCc2ccccc2)CCC1(F)F. The van der Waals surface area contributed by atoms with Gasteiger partial charge in [-0.1, -0.05) is 30.3 Å². The Kier molecular flexibility index (Phi) is 5.31. The standard InChI is InChI=1S/C16H18F2N2O2/c17-16(18)8-11-20(10-7-14(16)6-9-19)15(21)22-12-13-4-2-1-3-5-13/h1-5,14H,6-8,10-12H2. The molecule has 1 aliphatic rings. The second-order valence-corrected chi connectivity index (χ2v) is 5.39. The van der Waals surface area contributed by atoms with Gasteiger partial charge in [0.2, 0.25) is 0 Å². The van der Waals surface area contributed by atoms with Crippen molar-refractivity contribution in [3.63, 3.8) is 0 Å². The van der Waals surface area contributed by atoms with Crippen molar-refractivity contribution in [1.82, 2.24) is 4.90 Å². The Hall–Kier alpha value is -2.16. The van der Waals surface area contributed by atoms with Gasteiger partial charge in [0, 0.05) is 31.8 Å². The van der Waals surface area contributed by atoms with Crippen molar-refractivity contribution in [3.05, 3.63) is 35.9 Å². The van der Waals surface area contributed by atoms with Gasteiger partial charge in [-0.3, -0.25) is 0 Å². The van der Waals surface area contributed by atoms with Gasteiger partial charge in [-0.25, -0.2) is 13.6 Å². The third-order valence-corrected chi connectivity index (χ3v) is 3.86. The molecule has 0 aromatic heterocycles. The van der Waals surface area contributed by atoms with E-state index in [0.717, 1.165) is 5.56 Å². The Balaban J connectivity index is 1.90. The van der Waals surface area contributed by atoms with E-state index in [1.54, 1.807) is 6.07 Å². The smallest absolute Gasteiger partial charge is 0.410 e. The van der Waals surface area contributed by atoms with E-state index in [-0.39, 0.29) is 32.5 Å². The molecule has 0 saturated carbocycles. The fraction of sp³-hybridized carbons (Fsp3) is 0.500. The molecule has 1 aromatic rings. The Labute approximate surface area is 128 Å². The number of amides is 1. The quantitative estimate of drug-likeness (QED) is 0.857. The first-order valence-electron chi connectivity index (χ1n) is 7.23. The molecule has 1 heterocycles. The van der Waals surface area contributed by atoms with Crippen LogP contribution in [-0.2, 0) is 11.3 Å². The van der Waals surface area contributed by atoms with Crippen LogP contribution >= 0.6 is 0 Å². The Morgan fingerprint density at radius 2 is 2.09 bits per heavy atom. The summed E-state index contributed by atoms with van der Waals surface area (Å²) in [4.78, 5) is 13.3. The number of hydrogen-bond donors (Lipinski definition) is 0. The Morgan fingerprint density at radius 1 is 1.36 bits per heavy atom. The van der Waals surface area contributed by atoms with Gasteiger partial charge < -0.3 is 9.64 Å². The van der Waals surface area contributed by atoms with E-state index >= 15 is 0 Å². The molecule has 1 atom stereocenters. The highest BCUT2D eigenvalue weighted by Gasteiger charge is 2.42. The number of rotatable bonds is 3. The number of carbonyl (C=O) groups excluding carboxylic acids is 1. The van der Waals surface area contributed by atoms with Crippen LogP contribution in [0.4, 0.5) is 13.6 Å². The van der Waals surface area contributed by atoms with Crippen LogP contribution in [0.25, 0.3) is 0 Å². The number of likely N-dealkylation sites (tertiary alicyclic amines) is 1. The average Bonchev–Trinajstić information content (AvgIpc) is 2.66. The van der Waals surface area contributed by atoms with Crippen molar-refractivity contribution in [2.75, 3.05) is 13.1 Å². The van der Waals surface area contributed by atoms with Crippen LogP contribution in [0.1, 0.15) is 24.8 Å². The maximum absolute atomic E-state index is 13.9. The van der Waals surface area contributed by atoms with Crippen molar-refractivity contribution in [3.8, 4) is 6.07 Å². The van der Waals surface area contributed by atoms with Crippen molar-refractivity contribution in [2.45, 2.75) is 31.8 Å². The Morgan fingerprint density at radius 3 is 2.77 bits per heavy atom. The number of ether oxygens (including phenoxy) is 1. The molecule has 1 aliphatic heterocycles. The minimum atomic E-state index is -2.91. The molecule has 6 heteroatoms. The maximum atomic E-state index is 13.9. The van der Waals surface area contributed by atoms with Crippen LogP contribution in [0.2, 0.25) is 0 Å². The molecule has 2 rings (SSSR count). The second-order valence-electron chi connectivity index (χ2n) is 5.39. The van der Waals surface area contributed by atoms with Gasteiger partial charge >= 0.3 is 6.09 Å². The molecule has 1 amide bonds. The van der Waals surface area contributed by atoms with Crippen molar-refractivity contribution in [1.29, 1.82) is 5.26 Å². The van der Waals surface area contributed by atoms with Crippen molar-refractivity contribution in [2.24, 2.45) is 5.92 Å². The van der Waals surface area contributed by atoms with E-state index in [9.17, 15) is 13.6 Å². The summed E-state index contributed by atoms with van der Waals surface area (Å²) in [5.41, 5.74) is 0.846. The van der Waals surface area contributed by atoms with E-state index in [2.05, 4.69) is 0 Å². The number of alkyl halides is 2. The third kappa shape index (κ3) is 4.17. The molecule has 4 nitrogen and oxygen atoms in total. The second kappa shape index (κ2) is 7.21. The summed E-state index contributed by atoms with van der Waals surface area (Å²) in [5, 5.41) is 8.64. The lowest BCUT2D eigenvalue weighted by molar-refractivity contribution is -0.0594. The number of hydrogen-bond acceptors (Lipinski definition) is 3. The van der Waals surface area contributed by atoms with Gasteiger partial charge in [0.25, 0.3) is 5.92 Å².